The molecule has 0 aliphatic heterocycles. The zero-order valence-electron chi connectivity index (χ0n) is 15.5. The van der Waals surface area contributed by atoms with Crippen molar-refractivity contribution in [2.24, 2.45) is 17.3 Å². The first-order valence-electron chi connectivity index (χ1n) is 9.12. The van der Waals surface area contributed by atoms with Gasteiger partial charge in [0.15, 0.2) is 0 Å². The van der Waals surface area contributed by atoms with Gasteiger partial charge in [-0.25, -0.2) is 0 Å². The molecule has 1 saturated carbocycles. The summed E-state index contributed by atoms with van der Waals surface area (Å²) in [6.07, 6.45) is 1.12. The van der Waals surface area contributed by atoms with Crippen LogP contribution in [0.1, 0.15) is 32.3 Å². The van der Waals surface area contributed by atoms with E-state index in [1.165, 1.54) is 0 Å². The fourth-order valence-corrected chi connectivity index (χ4v) is 4.03. The van der Waals surface area contributed by atoms with Crippen molar-refractivity contribution in [3.8, 4) is 11.5 Å². The third-order valence-electron chi connectivity index (χ3n) is 5.38. The zero-order chi connectivity index (χ0) is 19.4. The summed E-state index contributed by atoms with van der Waals surface area (Å²) in [5.41, 5.74) is 0.981. The second-order valence-corrected chi connectivity index (χ2v) is 8.87. The van der Waals surface area contributed by atoms with Crippen molar-refractivity contribution in [2.75, 3.05) is 0 Å². The zero-order valence-corrected chi connectivity index (χ0v) is 17.0. The van der Waals surface area contributed by atoms with E-state index >= 15 is 0 Å². The summed E-state index contributed by atoms with van der Waals surface area (Å²) >= 11 is 11.8. The molecule has 0 N–H and O–H groups in total. The fraction of sp³-hybridized carbons (Fsp3) is 0.409. The summed E-state index contributed by atoms with van der Waals surface area (Å²) in [7, 11) is 0. The molecule has 0 heterocycles. The smallest absolute Gasteiger partial charge is 0.306 e. The number of carbonyl (C=O) groups excluding carboxylic acids is 1. The Morgan fingerprint density at radius 2 is 1.74 bits per heavy atom. The first-order chi connectivity index (χ1) is 12.9. The molecule has 2 aromatic rings. The molecule has 0 aromatic heterocycles. The second-order valence-electron chi connectivity index (χ2n) is 7.59. The van der Waals surface area contributed by atoms with E-state index in [1.54, 1.807) is 0 Å². The molecule has 1 aliphatic carbocycles. The molecule has 1 aliphatic rings. The highest BCUT2D eigenvalue weighted by atomic mass is 35.5. The van der Waals surface area contributed by atoms with Gasteiger partial charge in [0.2, 0.25) is 0 Å². The van der Waals surface area contributed by atoms with Gasteiger partial charge in [-0.3, -0.25) is 4.79 Å². The van der Waals surface area contributed by atoms with Crippen LogP contribution in [0, 0.1) is 17.3 Å². The summed E-state index contributed by atoms with van der Waals surface area (Å²) in [6.45, 7) is 4.53. The molecule has 1 fully saturated rings. The van der Waals surface area contributed by atoms with Crippen molar-refractivity contribution in [1.29, 1.82) is 0 Å². The number of carbonyl (C=O) groups is 1. The molecular weight excluding hydrogens is 383 g/mol. The van der Waals surface area contributed by atoms with Crippen LogP contribution in [0.4, 0.5) is 0 Å². The van der Waals surface area contributed by atoms with Crippen LogP contribution in [0.2, 0.25) is 0 Å². The maximum Gasteiger partial charge on any atom is 0.306 e. The summed E-state index contributed by atoms with van der Waals surface area (Å²) in [6, 6.07) is 17.1. The van der Waals surface area contributed by atoms with Crippen LogP contribution in [0.15, 0.2) is 54.6 Å². The standard InChI is InChI=1S/C22H24Cl2O3/c1-22(2)18(12-20(23)24)19(22)13-21(25)26-14-15-7-6-10-17(11-15)27-16-8-4-3-5-9-16/h3-11,18-20H,12-14H2,1-2H3. The van der Waals surface area contributed by atoms with Gasteiger partial charge in [0.05, 0.1) is 0 Å². The lowest BCUT2D eigenvalue weighted by Gasteiger charge is -2.09. The van der Waals surface area contributed by atoms with Gasteiger partial charge < -0.3 is 9.47 Å². The Kier molecular flexibility index (Phi) is 6.33. The van der Waals surface area contributed by atoms with Crippen molar-refractivity contribution >= 4 is 29.2 Å². The average molecular weight is 407 g/mol. The number of hydrogen-bond acceptors (Lipinski definition) is 3. The Hall–Kier alpha value is -1.71. The van der Waals surface area contributed by atoms with Gasteiger partial charge in [-0.1, -0.05) is 44.2 Å². The Bertz CT molecular complexity index is 774. The topological polar surface area (TPSA) is 35.5 Å². The summed E-state index contributed by atoms with van der Waals surface area (Å²) in [4.78, 5) is 11.9. The molecule has 2 unspecified atom stereocenters. The van der Waals surface area contributed by atoms with Crippen molar-refractivity contribution in [2.45, 2.75) is 38.1 Å². The van der Waals surface area contributed by atoms with Gasteiger partial charge in [0.1, 0.15) is 22.9 Å². The molecule has 3 nitrogen and oxygen atoms in total. The number of ether oxygens (including phenoxy) is 2. The van der Waals surface area contributed by atoms with Gasteiger partial charge in [0, 0.05) is 6.42 Å². The van der Waals surface area contributed by atoms with E-state index in [0.29, 0.717) is 24.5 Å². The van der Waals surface area contributed by atoms with E-state index in [9.17, 15) is 4.79 Å². The first-order valence-corrected chi connectivity index (χ1v) is 9.99. The van der Waals surface area contributed by atoms with Crippen molar-refractivity contribution in [3.63, 3.8) is 0 Å². The van der Waals surface area contributed by atoms with E-state index in [4.69, 9.17) is 32.7 Å². The lowest BCUT2D eigenvalue weighted by Crippen LogP contribution is -2.07. The number of alkyl halides is 2. The maximum atomic E-state index is 12.2. The van der Waals surface area contributed by atoms with E-state index in [2.05, 4.69) is 13.8 Å². The molecule has 144 valence electrons. The number of hydrogen-bond donors (Lipinski definition) is 0. The summed E-state index contributed by atoms with van der Waals surface area (Å²) in [5.74, 6) is 1.94. The average Bonchev–Trinajstić information content (AvgIpc) is 3.12. The number of rotatable bonds is 8. The summed E-state index contributed by atoms with van der Waals surface area (Å²) < 4.78 is 11.3. The van der Waals surface area contributed by atoms with E-state index in [-0.39, 0.29) is 28.7 Å². The van der Waals surface area contributed by atoms with Crippen LogP contribution in [0.3, 0.4) is 0 Å². The molecule has 2 atom stereocenters. The minimum Gasteiger partial charge on any atom is -0.461 e. The normalized spacial score (nSPS) is 20.3. The second kappa shape index (κ2) is 8.53. The van der Waals surface area contributed by atoms with E-state index in [1.807, 2.05) is 54.6 Å². The van der Waals surface area contributed by atoms with Crippen LogP contribution < -0.4 is 4.74 Å². The number of para-hydroxylation sites is 1. The number of halogens is 2. The van der Waals surface area contributed by atoms with Gasteiger partial charge in [0.25, 0.3) is 0 Å². The minimum absolute atomic E-state index is 0.0878. The quantitative estimate of drug-likeness (QED) is 0.376. The highest BCUT2D eigenvalue weighted by molar-refractivity contribution is 6.44. The van der Waals surface area contributed by atoms with Crippen LogP contribution in [-0.4, -0.2) is 10.8 Å². The highest BCUT2D eigenvalue weighted by Crippen LogP contribution is 2.62. The van der Waals surface area contributed by atoms with E-state index < -0.39 is 0 Å². The lowest BCUT2D eigenvalue weighted by molar-refractivity contribution is -0.145. The lowest BCUT2D eigenvalue weighted by atomic mass is 10.1. The minimum atomic E-state index is -0.386. The van der Waals surface area contributed by atoms with Crippen molar-refractivity contribution in [3.05, 3.63) is 60.2 Å². The molecule has 0 spiro atoms. The van der Waals surface area contributed by atoms with Crippen LogP contribution in [0.5, 0.6) is 11.5 Å². The van der Waals surface area contributed by atoms with Crippen LogP contribution in [0.25, 0.3) is 0 Å². The Labute approximate surface area is 170 Å². The van der Waals surface area contributed by atoms with Gasteiger partial charge in [-0.15, -0.1) is 23.2 Å². The van der Waals surface area contributed by atoms with Crippen molar-refractivity contribution in [1.82, 2.24) is 0 Å². The number of benzene rings is 2. The summed E-state index contributed by atoms with van der Waals surface area (Å²) in [5, 5.41) is 0. The van der Waals surface area contributed by atoms with Crippen LogP contribution in [-0.2, 0) is 16.1 Å². The molecule has 2 aromatic carbocycles. The molecule has 27 heavy (non-hydrogen) atoms. The van der Waals surface area contributed by atoms with Gasteiger partial charge >= 0.3 is 5.97 Å². The monoisotopic (exact) mass is 406 g/mol. The molecule has 3 rings (SSSR count). The van der Waals surface area contributed by atoms with E-state index in [0.717, 1.165) is 11.3 Å². The molecule has 0 radical (unpaired) electrons. The Balaban J connectivity index is 1.50. The first kappa shape index (κ1) is 20.0. The largest absolute Gasteiger partial charge is 0.461 e. The SMILES string of the molecule is CC1(C)C(CC(=O)OCc2cccc(Oc3ccccc3)c2)C1CC(Cl)Cl. The Morgan fingerprint density at radius 1 is 1.04 bits per heavy atom. The molecule has 0 amide bonds. The highest BCUT2D eigenvalue weighted by Gasteiger charge is 2.58. The third-order valence-corrected chi connectivity index (χ3v) is 5.74. The maximum absolute atomic E-state index is 12.2. The molecular formula is C22H24Cl2O3. The molecule has 0 saturated heterocycles. The Morgan fingerprint density at radius 3 is 2.44 bits per heavy atom. The number of esters is 1. The van der Waals surface area contributed by atoms with Gasteiger partial charge in [-0.2, -0.15) is 0 Å². The van der Waals surface area contributed by atoms with Crippen molar-refractivity contribution < 1.29 is 14.3 Å². The molecule has 0 bridgehead atoms. The molecule has 5 heteroatoms. The predicted molar refractivity (Wildman–Crippen MR) is 108 cm³/mol. The fourth-order valence-electron chi connectivity index (χ4n) is 3.65. The van der Waals surface area contributed by atoms with Gasteiger partial charge in [-0.05, 0) is 53.5 Å². The van der Waals surface area contributed by atoms with Crippen LogP contribution >= 0.6 is 23.2 Å². The predicted octanol–water partition coefficient (Wildman–Crippen LogP) is 6.38. The third kappa shape index (κ3) is 5.40.